The van der Waals surface area contributed by atoms with E-state index < -0.39 is 0 Å². The van der Waals surface area contributed by atoms with Gasteiger partial charge in [-0.05, 0) is 30.0 Å². The number of nitrogens with zero attached hydrogens (tertiary/aromatic N) is 1. The number of fused-ring (bicyclic) bond motifs is 1. The van der Waals surface area contributed by atoms with Crippen LogP contribution in [0.4, 0.5) is 4.39 Å². The average Bonchev–Trinajstić information content (AvgIpc) is 2.93. The molecule has 5 heteroatoms. The maximum absolute atomic E-state index is 13.7. The topological polar surface area (TPSA) is 41.6 Å². The fraction of sp³-hybridized carbons (Fsp3) is 0.562. The number of hydrogen-bond donors (Lipinski definition) is 1. The molecule has 0 saturated carbocycles. The first-order valence-electron chi connectivity index (χ1n) is 7.62. The number of halogens is 1. The highest BCUT2D eigenvalue weighted by Gasteiger charge is 2.24. The first kappa shape index (κ1) is 14.5. The van der Waals surface area contributed by atoms with Crippen LogP contribution in [0.5, 0.6) is 0 Å². The summed E-state index contributed by atoms with van der Waals surface area (Å²) in [5.74, 6) is 0.0597. The third-order valence-electron chi connectivity index (χ3n) is 4.31. The Hall–Kier alpha value is -1.46. The van der Waals surface area contributed by atoms with Crippen molar-refractivity contribution < 1.29 is 13.9 Å². The summed E-state index contributed by atoms with van der Waals surface area (Å²) >= 11 is 0. The van der Waals surface area contributed by atoms with Crippen LogP contribution < -0.4 is 5.32 Å². The first-order valence-corrected chi connectivity index (χ1v) is 7.62. The van der Waals surface area contributed by atoms with E-state index in [4.69, 9.17) is 4.74 Å². The number of rotatable bonds is 4. The van der Waals surface area contributed by atoms with Crippen molar-refractivity contribution in [1.29, 1.82) is 0 Å². The third-order valence-corrected chi connectivity index (χ3v) is 4.31. The second-order valence-electron chi connectivity index (χ2n) is 5.60. The fourth-order valence-electron chi connectivity index (χ4n) is 3.15. The van der Waals surface area contributed by atoms with Gasteiger partial charge in [-0.25, -0.2) is 4.39 Å². The monoisotopic (exact) mass is 292 g/mol. The summed E-state index contributed by atoms with van der Waals surface area (Å²) in [6.07, 6.45) is 2.17. The zero-order valence-corrected chi connectivity index (χ0v) is 12.1. The van der Waals surface area contributed by atoms with E-state index in [0.717, 1.165) is 24.0 Å². The summed E-state index contributed by atoms with van der Waals surface area (Å²) in [6, 6.07) is 5.43. The van der Waals surface area contributed by atoms with Gasteiger partial charge in [0.25, 0.3) is 0 Å². The highest BCUT2D eigenvalue weighted by atomic mass is 19.1. The van der Waals surface area contributed by atoms with Crippen LogP contribution >= 0.6 is 0 Å². The molecule has 4 nitrogen and oxygen atoms in total. The van der Waals surface area contributed by atoms with Gasteiger partial charge in [0.1, 0.15) is 5.82 Å². The van der Waals surface area contributed by atoms with Crippen molar-refractivity contribution in [2.45, 2.75) is 25.3 Å². The number of hydrogen-bond acceptors (Lipinski definition) is 3. The van der Waals surface area contributed by atoms with Crippen molar-refractivity contribution in [3.05, 3.63) is 35.1 Å². The molecule has 21 heavy (non-hydrogen) atoms. The van der Waals surface area contributed by atoms with E-state index in [1.54, 1.807) is 6.07 Å². The summed E-state index contributed by atoms with van der Waals surface area (Å²) in [6.45, 7) is 3.28. The van der Waals surface area contributed by atoms with Crippen molar-refractivity contribution >= 4 is 5.91 Å². The number of carbonyl (C=O) groups excluding carboxylic acids is 1. The van der Waals surface area contributed by atoms with Gasteiger partial charge < -0.3 is 15.0 Å². The zero-order chi connectivity index (χ0) is 14.7. The molecule has 1 aromatic rings. The van der Waals surface area contributed by atoms with E-state index in [0.29, 0.717) is 39.3 Å². The molecule has 2 aliphatic rings. The van der Waals surface area contributed by atoms with E-state index in [2.05, 4.69) is 5.32 Å². The highest BCUT2D eigenvalue weighted by molar-refractivity contribution is 5.76. The standard InChI is InChI=1S/C16H21FN2O2/c17-14-3-1-2-13-12(14)4-5-15(13)18-7-6-16(20)19-8-10-21-11-9-19/h1-3,15,18H,4-11H2. The van der Waals surface area contributed by atoms with Crippen LogP contribution in [-0.4, -0.2) is 43.7 Å². The quantitative estimate of drug-likeness (QED) is 0.917. The van der Waals surface area contributed by atoms with Crippen molar-refractivity contribution in [3.8, 4) is 0 Å². The zero-order valence-electron chi connectivity index (χ0n) is 12.1. The second-order valence-corrected chi connectivity index (χ2v) is 5.60. The maximum Gasteiger partial charge on any atom is 0.224 e. The van der Waals surface area contributed by atoms with Crippen molar-refractivity contribution in [1.82, 2.24) is 10.2 Å². The van der Waals surface area contributed by atoms with Gasteiger partial charge in [0.05, 0.1) is 13.2 Å². The van der Waals surface area contributed by atoms with Crippen molar-refractivity contribution in [2.24, 2.45) is 0 Å². The highest BCUT2D eigenvalue weighted by Crippen LogP contribution is 2.32. The van der Waals surface area contributed by atoms with Crippen LogP contribution in [0, 0.1) is 5.82 Å². The lowest BCUT2D eigenvalue weighted by Gasteiger charge is -2.27. The third kappa shape index (κ3) is 3.24. The lowest BCUT2D eigenvalue weighted by atomic mass is 10.1. The summed E-state index contributed by atoms with van der Waals surface area (Å²) < 4.78 is 18.9. The molecule has 1 unspecified atom stereocenters. The maximum atomic E-state index is 13.7. The molecule has 1 fully saturated rings. The lowest BCUT2D eigenvalue weighted by molar-refractivity contribution is -0.135. The first-order chi connectivity index (χ1) is 10.3. The molecular formula is C16H21FN2O2. The van der Waals surface area contributed by atoms with Crippen LogP contribution in [0.1, 0.15) is 30.0 Å². The molecular weight excluding hydrogens is 271 g/mol. The predicted octanol–water partition coefficient (Wildman–Crippen LogP) is 1.65. The van der Waals surface area contributed by atoms with Gasteiger partial charge in [-0.2, -0.15) is 0 Å². The number of carbonyl (C=O) groups is 1. The number of morpholine rings is 1. The fourth-order valence-corrected chi connectivity index (χ4v) is 3.15. The normalized spacial score (nSPS) is 21.4. The summed E-state index contributed by atoms with van der Waals surface area (Å²) in [4.78, 5) is 13.9. The Labute approximate surface area is 124 Å². The number of benzene rings is 1. The molecule has 1 saturated heterocycles. The van der Waals surface area contributed by atoms with Gasteiger partial charge in [-0.3, -0.25) is 4.79 Å². The molecule has 1 atom stereocenters. The molecule has 1 aromatic carbocycles. The Kier molecular flexibility index (Phi) is 4.51. The largest absolute Gasteiger partial charge is 0.378 e. The van der Waals surface area contributed by atoms with Gasteiger partial charge in [0.2, 0.25) is 5.91 Å². The lowest BCUT2D eigenvalue weighted by Crippen LogP contribution is -2.41. The molecule has 3 rings (SSSR count). The van der Waals surface area contributed by atoms with Crippen molar-refractivity contribution in [2.75, 3.05) is 32.8 Å². The molecule has 114 valence electrons. The summed E-state index contributed by atoms with van der Waals surface area (Å²) in [7, 11) is 0. The molecule has 0 radical (unpaired) electrons. The Morgan fingerprint density at radius 2 is 2.19 bits per heavy atom. The molecule has 0 bridgehead atoms. The summed E-state index contributed by atoms with van der Waals surface area (Å²) in [5.41, 5.74) is 1.88. The second kappa shape index (κ2) is 6.54. The minimum absolute atomic E-state index is 0.110. The van der Waals surface area contributed by atoms with Gasteiger partial charge >= 0.3 is 0 Å². The molecule has 1 N–H and O–H groups in total. The van der Waals surface area contributed by atoms with E-state index >= 15 is 0 Å². The smallest absolute Gasteiger partial charge is 0.224 e. The number of amides is 1. The minimum atomic E-state index is -0.110. The average molecular weight is 292 g/mol. The van der Waals surface area contributed by atoms with Crippen LogP contribution in [-0.2, 0) is 16.0 Å². The van der Waals surface area contributed by atoms with E-state index in [9.17, 15) is 9.18 Å². The Morgan fingerprint density at radius 1 is 1.38 bits per heavy atom. The Morgan fingerprint density at radius 3 is 3.00 bits per heavy atom. The molecule has 1 amide bonds. The van der Waals surface area contributed by atoms with Crippen molar-refractivity contribution in [3.63, 3.8) is 0 Å². The predicted molar refractivity (Wildman–Crippen MR) is 77.5 cm³/mol. The van der Waals surface area contributed by atoms with Crippen LogP contribution in [0.15, 0.2) is 18.2 Å². The van der Waals surface area contributed by atoms with E-state index in [1.807, 2.05) is 11.0 Å². The minimum Gasteiger partial charge on any atom is -0.378 e. The van der Waals surface area contributed by atoms with Gasteiger partial charge in [0.15, 0.2) is 0 Å². The number of nitrogens with one attached hydrogen (secondary N) is 1. The molecule has 0 aromatic heterocycles. The van der Waals surface area contributed by atoms with Crippen LogP contribution in [0.25, 0.3) is 0 Å². The van der Waals surface area contributed by atoms with E-state index in [1.165, 1.54) is 6.07 Å². The molecule has 1 aliphatic heterocycles. The van der Waals surface area contributed by atoms with Crippen LogP contribution in [0.2, 0.25) is 0 Å². The van der Waals surface area contributed by atoms with Gasteiger partial charge in [-0.15, -0.1) is 0 Å². The number of ether oxygens (including phenoxy) is 1. The van der Waals surface area contributed by atoms with Gasteiger partial charge in [0, 0.05) is 32.1 Å². The van der Waals surface area contributed by atoms with Crippen LogP contribution in [0.3, 0.4) is 0 Å². The Bertz CT molecular complexity index is 515. The Balaban J connectivity index is 1.49. The SMILES string of the molecule is O=C(CCNC1CCc2c(F)cccc21)N1CCOCC1. The molecule has 0 spiro atoms. The molecule has 1 aliphatic carbocycles. The molecule has 1 heterocycles. The summed E-state index contributed by atoms with van der Waals surface area (Å²) in [5, 5.41) is 3.39. The van der Waals surface area contributed by atoms with E-state index in [-0.39, 0.29) is 17.8 Å². The van der Waals surface area contributed by atoms with Gasteiger partial charge in [-0.1, -0.05) is 12.1 Å².